The van der Waals surface area contributed by atoms with E-state index in [0.29, 0.717) is 18.4 Å². The second-order valence-electron chi connectivity index (χ2n) is 6.32. The molecule has 1 fully saturated rings. The summed E-state index contributed by atoms with van der Waals surface area (Å²) in [5, 5.41) is 0. The molecule has 0 saturated carbocycles. The lowest BCUT2D eigenvalue weighted by Gasteiger charge is -2.21. The van der Waals surface area contributed by atoms with Crippen molar-refractivity contribution in [2.45, 2.75) is 25.8 Å². The number of imide groups is 1. The van der Waals surface area contributed by atoms with Gasteiger partial charge in [-0.2, -0.15) is 0 Å². The zero-order valence-electron chi connectivity index (χ0n) is 14.5. The average Bonchev–Trinajstić information content (AvgIpc) is 2.92. The van der Waals surface area contributed by atoms with Gasteiger partial charge in [-0.1, -0.05) is 12.2 Å². The number of ether oxygens (including phenoxy) is 2. The van der Waals surface area contributed by atoms with Gasteiger partial charge in [0.2, 0.25) is 11.8 Å². The highest BCUT2D eigenvalue weighted by molar-refractivity contribution is 6.08. The van der Waals surface area contributed by atoms with Gasteiger partial charge in [0.05, 0.1) is 24.5 Å². The van der Waals surface area contributed by atoms with Gasteiger partial charge in [0.25, 0.3) is 0 Å². The Labute approximate surface area is 150 Å². The molecule has 1 saturated heterocycles. The lowest BCUT2D eigenvalue weighted by atomic mass is 9.85. The molecule has 0 radical (unpaired) electrons. The summed E-state index contributed by atoms with van der Waals surface area (Å²) in [4.78, 5) is 49.9. The molecular formula is C19H19NO6. The molecule has 3 rings (SSSR count). The number of benzene rings is 1. The number of carbonyl (C=O) groups excluding carboxylic acids is 4. The largest absolute Gasteiger partial charge is 0.465 e. The maximum Gasteiger partial charge on any atom is 0.337 e. The third-order valence-corrected chi connectivity index (χ3v) is 4.76. The second-order valence-corrected chi connectivity index (χ2v) is 6.32. The minimum absolute atomic E-state index is 0.215. The summed E-state index contributed by atoms with van der Waals surface area (Å²) in [6.07, 6.45) is 4.81. The molecule has 0 N–H and O–H groups in total. The summed E-state index contributed by atoms with van der Waals surface area (Å²) in [5.74, 6) is -2.41. The highest BCUT2D eigenvalue weighted by Crippen LogP contribution is 2.36. The number of hydrogen-bond donors (Lipinski definition) is 0. The van der Waals surface area contributed by atoms with Crippen molar-refractivity contribution in [2.75, 3.05) is 7.11 Å². The first-order valence-corrected chi connectivity index (χ1v) is 8.36. The Morgan fingerprint density at radius 1 is 1.04 bits per heavy atom. The minimum Gasteiger partial charge on any atom is -0.465 e. The molecule has 7 nitrogen and oxygen atoms in total. The lowest BCUT2D eigenvalue weighted by molar-refractivity contribution is -0.152. The van der Waals surface area contributed by atoms with Crippen LogP contribution in [0.25, 0.3) is 0 Å². The van der Waals surface area contributed by atoms with E-state index in [9.17, 15) is 19.2 Å². The fourth-order valence-electron chi connectivity index (χ4n) is 3.29. The molecule has 1 aromatic carbocycles. The van der Waals surface area contributed by atoms with Crippen molar-refractivity contribution in [3.63, 3.8) is 0 Å². The maximum atomic E-state index is 12.5. The van der Waals surface area contributed by atoms with Crippen LogP contribution in [0, 0.1) is 11.8 Å². The van der Waals surface area contributed by atoms with E-state index in [1.54, 1.807) is 0 Å². The van der Waals surface area contributed by atoms with Crippen LogP contribution in [0.4, 0.5) is 0 Å². The number of hydrogen-bond acceptors (Lipinski definition) is 6. The Morgan fingerprint density at radius 2 is 1.58 bits per heavy atom. The number of likely N-dealkylation sites (tertiary alicyclic amines) is 1. The van der Waals surface area contributed by atoms with Gasteiger partial charge in [0.1, 0.15) is 11.8 Å². The Kier molecular flexibility index (Phi) is 4.88. The van der Waals surface area contributed by atoms with Crippen molar-refractivity contribution in [1.82, 2.24) is 4.90 Å². The maximum absolute atomic E-state index is 12.5. The number of allylic oxidation sites excluding steroid dienone is 2. The van der Waals surface area contributed by atoms with E-state index in [1.807, 2.05) is 12.2 Å². The van der Waals surface area contributed by atoms with Gasteiger partial charge >= 0.3 is 11.9 Å². The van der Waals surface area contributed by atoms with E-state index in [0.717, 1.165) is 4.90 Å². The van der Waals surface area contributed by atoms with Gasteiger partial charge in [-0.05, 0) is 44.0 Å². The first-order valence-electron chi connectivity index (χ1n) is 8.36. The van der Waals surface area contributed by atoms with E-state index in [1.165, 1.54) is 38.3 Å². The molecule has 2 aliphatic rings. The number of amides is 2. The normalized spacial score (nSPS) is 22.8. The van der Waals surface area contributed by atoms with Gasteiger partial charge in [0, 0.05) is 0 Å². The predicted molar refractivity (Wildman–Crippen MR) is 90.1 cm³/mol. The summed E-state index contributed by atoms with van der Waals surface area (Å²) in [7, 11) is 1.27. The number of esters is 2. The smallest absolute Gasteiger partial charge is 0.337 e. The fourth-order valence-corrected chi connectivity index (χ4v) is 3.29. The highest BCUT2D eigenvalue weighted by atomic mass is 16.5. The number of nitrogens with zero attached hydrogens (tertiary/aromatic N) is 1. The minimum atomic E-state index is -1.01. The zero-order chi connectivity index (χ0) is 18.8. The number of methoxy groups -OCH3 is 1. The van der Waals surface area contributed by atoms with Crippen LogP contribution in [0.5, 0.6) is 5.75 Å². The Morgan fingerprint density at radius 3 is 2.08 bits per heavy atom. The third-order valence-electron chi connectivity index (χ3n) is 4.76. The molecule has 7 heteroatoms. The fraction of sp³-hybridized carbons (Fsp3) is 0.368. The topological polar surface area (TPSA) is 90.0 Å². The summed E-state index contributed by atoms with van der Waals surface area (Å²) in [6.45, 7) is 1.48. The van der Waals surface area contributed by atoms with Crippen molar-refractivity contribution in [2.24, 2.45) is 11.8 Å². The van der Waals surface area contributed by atoms with Crippen LogP contribution in [0.2, 0.25) is 0 Å². The van der Waals surface area contributed by atoms with Crippen molar-refractivity contribution < 1.29 is 28.7 Å². The van der Waals surface area contributed by atoms with Crippen LogP contribution in [0.15, 0.2) is 36.4 Å². The van der Waals surface area contributed by atoms with E-state index in [-0.39, 0.29) is 29.4 Å². The van der Waals surface area contributed by atoms with Crippen LogP contribution >= 0.6 is 0 Å². The molecule has 1 aromatic rings. The SMILES string of the molecule is COC(=O)c1ccc(OC(=O)[C@H](C)N2C(=O)[C@H]3CC=CC[C@H]3C2=O)cc1. The number of carbonyl (C=O) groups is 4. The van der Waals surface area contributed by atoms with Gasteiger partial charge in [0.15, 0.2) is 0 Å². The monoisotopic (exact) mass is 357 g/mol. The Hall–Kier alpha value is -2.96. The molecule has 26 heavy (non-hydrogen) atoms. The Bertz CT molecular complexity index is 756. The van der Waals surface area contributed by atoms with E-state index in [2.05, 4.69) is 4.74 Å². The molecular weight excluding hydrogens is 338 g/mol. The summed E-state index contributed by atoms with van der Waals surface area (Å²) in [6, 6.07) is 4.82. The summed E-state index contributed by atoms with van der Waals surface area (Å²) in [5.41, 5.74) is 0.321. The van der Waals surface area contributed by atoms with Crippen LogP contribution in [0.3, 0.4) is 0 Å². The number of rotatable bonds is 4. The summed E-state index contributed by atoms with van der Waals surface area (Å²) >= 11 is 0. The third kappa shape index (κ3) is 3.12. The van der Waals surface area contributed by atoms with E-state index < -0.39 is 18.0 Å². The van der Waals surface area contributed by atoms with Crippen LogP contribution in [0.1, 0.15) is 30.1 Å². The predicted octanol–water partition coefficient (Wildman–Crippen LogP) is 1.72. The van der Waals surface area contributed by atoms with Gasteiger partial charge in [-0.3, -0.25) is 14.5 Å². The molecule has 1 aliphatic heterocycles. The molecule has 2 amide bonds. The van der Waals surface area contributed by atoms with Crippen LogP contribution in [-0.2, 0) is 19.1 Å². The first kappa shape index (κ1) is 17.8. The molecule has 0 aromatic heterocycles. The Balaban J connectivity index is 1.69. The van der Waals surface area contributed by atoms with Crippen molar-refractivity contribution in [3.05, 3.63) is 42.0 Å². The molecule has 0 bridgehead atoms. The number of fused-ring (bicyclic) bond motifs is 1. The second kappa shape index (κ2) is 7.11. The first-order chi connectivity index (χ1) is 12.4. The van der Waals surface area contributed by atoms with Crippen LogP contribution in [-0.4, -0.2) is 41.8 Å². The molecule has 0 unspecified atom stereocenters. The van der Waals surface area contributed by atoms with Crippen LogP contribution < -0.4 is 4.74 Å². The average molecular weight is 357 g/mol. The van der Waals surface area contributed by atoms with Crippen molar-refractivity contribution in [3.8, 4) is 5.75 Å². The van der Waals surface area contributed by atoms with Gasteiger partial charge in [-0.25, -0.2) is 9.59 Å². The zero-order valence-corrected chi connectivity index (χ0v) is 14.5. The van der Waals surface area contributed by atoms with Crippen molar-refractivity contribution in [1.29, 1.82) is 0 Å². The van der Waals surface area contributed by atoms with Gasteiger partial charge in [-0.15, -0.1) is 0 Å². The van der Waals surface area contributed by atoms with Gasteiger partial charge < -0.3 is 9.47 Å². The lowest BCUT2D eigenvalue weighted by Crippen LogP contribution is -2.45. The molecule has 1 aliphatic carbocycles. The van der Waals surface area contributed by atoms with E-state index >= 15 is 0 Å². The quantitative estimate of drug-likeness (QED) is 0.353. The van der Waals surface area contributed by atoms with E-state index in [4.69, 9.17) is 4.74 Å². The molecule has 0 spiro atoms. The van der Waals surface area contributed by atoms with Crippen molar-refractivity contribution >= 4 is 23.8 Å². The molecule has 136 valence electrons. The molecule has 3 atom stereocenters. The molecule has 1 heterocycles. The standard InChI is InChI=1S/C19H19NO6/c1-11(20-16(21)14-5-3-4-6-15(14)17(20)22)18(23)26-13-9-7-12(8-10-13)19(24)25-2/h3-4,7-11,14-15H,5-6H2,1-2H3/t11-,14-,15+/m0/s1. The summed E-state index contributed by atoms with van der Waals surface area (Å²) < 4.78 is 9.85. The highest BCUT2D eigenvalue weighted by Gasteiger charge is 2.50.